The Balaban J connectivity index is 1.85. The second-order valence-electron chi connectivity index (χ2n) is 7.01. The van der Waals surface area contributed by atoms with Gasteiger partial charge in [0.05, 0.1) is 42.2 Å². The molecular weight excluding hydrogens is 380 g/mol. The predicted octanol–water partition coefficient (Wildman–Crippen LogP) is 3.18. The highest BCUT2D eigenvalue weighted by Crippen LogP contribution is 2.32. The smallest absolute Gasteiger partial charge is 0.159 e. The number of fused-ring (bicyclic) bond motifs is 1. The van der Waals surface area contributed by atoms with Gasteiger partial charge >= 0.3 is 0 Å². The van der Waals surface area contributed by atoms with Crippen LogP contribution in [0.1, 0.15) is 37.2 Å². The number of nitrogens with two attached hydrogens (primary N) is 1. The van der Waals surface area contributed by atoms with Crippen LogP contribution < -0.4 is 10.5 Å². The molecule has 1 aromatic carbocycles. The van der Waals surface area contributed by atoms with E-state index in [1.165, 1.54) is 0 Å². The Labute approximate surface area is 174 Å². The highest BCUT2D eigenvalue weighted by atomic mass is 16.5. The molecule has 8 heteroatoms. The van der Waals surface area contributed by atoms with E-state index in [4.69, 9.17) is 10.5 Å². The van der Waals surface area contributed by atoms with Gasteiger partial charge in [-0.2, -0.15) is 5.10 Å². The van der Waals surface area contributed by atoms with Crippen molar-refractivity contribution in [3.05, 3.63) is 60.2 Å². The molecule has 0 saturated heterocycles. The van der Waals surface area contributed by atoms with Crippen molar-refractivity contribution in [2.75, 3.05) is 7.11 Å². The SMILES string of the molecule is CCCC(N)c1ccnc(-c2cc(OC)c3cnn(-c4cccc(CO)n4)c3c2)n1. The third-order valence-electron chi connectivity index (χ3n) is 4.96. The minimum atomic E-state index is -0.139. The van der Waals surface area contributed by atoms with E-state index in [-0.39, 0.29) is 12.6 Å². The van der Waals surface area contributed by atoms with Crippen molar-refractivity contribution in [3.63, 3.8) is 0 Å². The molecule has 0 aliphatic carbocycles. The number of hydrogen-bond donors (Lipinski definition) is 2. The van der Waals surface area contributed by atoms with Gasteiger partial charge in [-0.15, -0.1) is 0 Å². The van der Waals surface area contributed by atoms with Gasteiger partial charge in [-0.05, 0) is 36.8 Å². The predicted molar refractivity (Wildman–Crippen MR) is 114 cm³/mol. The summed E-state index contributed by atoms with van der Waals surface area (Å²) in [6.45, 7) is 1.96. The van der Waals surface area contributed by atoms with E-state index in [0.717, 1.165) is 35.0 Å². The standard InChI is InChI=1S/C22H24N6O2/c1-3-5-17(23)18-8-9-24-22(27-18)14-10-19-16(20(11-14)30-2)12-25-28(19)21-7-4-6-15(13-29)26-21/h4,6-12,17,29H,3,5,13,23H2,1-2H3. The Kier molecular flexibility index (Phi) is 5.69. The molecule has 30 heavy (non-hydrogen) atoms. The molecular formula is C22H24N6O2. The highest BCUT2D eigenvalue weighted by Gasteiger charge is 2.16. The normalized spacial score (nSPS) is 12.3. The summed E-state index contributed by atoms with van der Waals surface area (Å²) in [5.74, 6) is 1.85. The summed E-state index contributed by atoms with van der Waals surface area (Å²) in [4.78, 5) is 13.6. The Morgan fingerprint density at radius 3 is 2.83 bits per heavy atom. The highest BCUT2D eigenvalue weighted by molar-refractivity contribution is 5.90. The molecule has 3 aromatic heterocycles. The van der Waals surface area contributed by atoms with E-state index < -0.39 is 0 Å². The number of benzene rings is 1. The average molecular weight is 404 g/mol. The van der Waals surface area contributed by atoms with Gasteiger partial charge in [-0.1, -0.05) is 19.4 Å². The minimum absolute atomic E-state index is 0.127. The molecule has 8 nitrogen and oxygen atoms in total. The first kappa shape index (κ1) is 19.9. The Morgan fingerprint density at radius 1 is 1.20 bits per heavy atom. The summed E-state index contributed by atoms with van der Waals surface area (Å²) in [6, 6.07) is 11.0. The molecule has 0 aliphatic rings. The molecule has 0 bridgehead atoms. The first-order valence-electron chi connectivity index (χ1n) is 9.86. The number of ether oxygens (including phenoxy) is 1. The van der Waals surface area contributed by atoms with Crippen LogP contribution in [0.3, 0.4) is 0 Å². The van der Waals surface area contributed by atoms with Crippen LogP contribution in [0.25, 0.3) is 28.1 Å². The number of aliphatic hydroxyl groups excluding tert-OH is 1. The fourth-order valence-corrected chi connectivity index (χ4v) is 3.43. The van der Waals surface area contributed by atoms with Gasteiger partial charge in [0.1, 0.15) is 5.75 Å². The van der Waals surface area contributed by atoms with Crippen LogP contribution in [-0.4, -0.2) is 36.9 Å². The summed E-state index contributed by atoms with van der Waals surface area (Å²) < 4.78 is 7.32. The lowest BCUT2D eigenvalue weighted by atomic mass is 10.1. The number of nitrogens with zero attached hydrogens (tertiary/aromatic N) is 5. The molecule has 3 N–H and O–H groups in total. The van der Waals surface area contributed by atoms with E-state index in [2.05, 4.69) is 27.0 Å². The first-order chi connectivity index (χ1) is 14.6. The molecule has 0 amide bonds. The zero-order valence-electron chi connectivity index (χ0n) is 17.0. The van der Waals surface area contributed by atoms with Crippen molar-refractivity contribution < 1.29 is 9.84 Å². The van der Waals surface area contributed by atoms with Gasteiger partial charge in [0, 0.05) is 17.8 Å². The number of hydrogen-bond acceptors (Lipinski definition) is 7. The largest absolute Gasteiger partial charge is 0.496 e. The van der Waals surface area contributed by atoms with Gasteiger partial charge in [-0.3, -0.25) is 0 Å². The van der Waals surface area contributed by atoms with E-state index >= 15 is 0 Å². The van der Waals surface area contributed by atoms with Gasteiger partial charge in [0.25, 0.3) is 0 Å². The number of pyridine rings is 1. The molecule has 0 aliphatic heterocycles. The molecule has 0 fully saturated rings. The summed E-state index contributed by atoms with van der Waals surface area (Å²) in [7, 11) is 1.62. The molecule has 1 unspecified atom stereocenters. The number of methoxy groups -OCH3 is 1. The van der Waals surface area contributed by atoms with Crippen LogP contribution in [0.2, 0.25) is 0 Å². The second kappa shape index (κ2) is 8.56. The number of aliphatic hydroxyl groups is 1. The third kappa shape index (κ3) is 3.74. The molecule has 0 saturated carbocycles. The van der Waals surface area contributed by atoms with Gasteiger partial charge < -0.3 is 15.6 Å². The van der Waals surface area contributed by atoms with Crippen molar-refractivity contribution in [1.29, 1.82) is 0 Å². The van der Waals surface area contributed by atoms with E-state index in [1.807, 2.05) is 30.3 Å². The summed E-state index contributed by atoms with van der Waals surface area (Å²) in [6.07, 6.45) is 5.31. The number of rotatable bonds is 7. The van der Waals surface area contributed by atoms with Crippen molar-refractivity contribution in [2.45, 2.75) is 32.4 Å². The van der Waals surface area contributed by atoms with Crippen molar-refractivity contribution in [2.24, 2.45) is 5.73 Å². The van der Waals surface area contributed by atoms with Crippen LogP contribution in [-0.2, 0) is 6.61 Å². The van der Waals surface area contributed by atoms with Gasteiger partial charge in [0.15, 0.2) is 11.6 Å². The molecule has 154 valence electrons. The lowest BCUT2D eigenvalue weighted by Gasteiger charge is -2.12. The Morgan fingerprint density at radius 2 is 2.07 bits per heavy atom. The van der Waals surface area contributed by atoms with Crippen LogP contribution in [0.5, 0.6) is 5.75 Å². The maximum Gasteiger partial charge on any atom is 0.159 e. The molecule has 4 rings (SSSR count). The monoisotopic (exact) mass is 404 g/mol. The minimum Gasteiger partial charge on any atom is -0.496 e. The lowest BCUT2D eigenvalue weighted by molar-refractivity contribution is 0.276. The van der Waals surface area contributed by atoms with E-state index in [9.17, 15) is 5.11 Å². The quantitative estimate of drug-likeness (QED) is 0.486. The van der Waals surface area contributed by atoms with Crippen molar-refractivity contribution >= 4 is 10.9 Å². The van der Waals surface area contributed by atoms with E-state index in [0.29, 0.717) is 23.1 Å². The molecule has 4 aromatic rings. The topological polar surface area (TPSA) is 112 Å². The fourth-order valence-electron chi connectivity index (χ4n) is 3.43. The number of aromatic nitrogens is 5. The average Bonchev–Trinajstić information content (AvgIpc) is 3.23. The Hall–Kier alpha value is -3.36. The Bertz CT molecular complexity index is 1170. The fraction of sp³-hybridized carbons (Fsp3) is 0.273. The second-order valence-corrected chi connectivity index (χ2v) is 7.01. The summed E-state index contributed by atoms with van der Waals surface area (Å²) in [5, 5.41) is 14.7. The molecule has 1 atom stereocenters. The lowest BCUT2D eigenvalue weighted by Crippen LogP contribution is -2.12. The maximum atomic E-state index is 9.42. The van der Waals surface area contributed by atoms with Crippen LogP contribution in [0.4, 0.5) is 0 Å². The van der Waals surface area contributed by atoms with E-state index in [1.54, 1.807) is 30.3 Å². The summed E-state index contributed by atoms with van der Waals surface area (Å²) >= 11 is 0. The van der Waals surface area contributed by atoms with Crippen molar-refractivity contribution in [1.82, 2.24) is 24.7 Å². The molecule has 0 radical (unpaired) electrons. The third-order valence-corrected chi connectivity index (χ3v) is 4.96. The first-order valence-corrected chi connectivity index (χ1v) is 9.86. The molecule has 0 spiro atoms. The van der Waals surface area contributed by atoms with Gasteiger partial charge in [0.2, 0.25) is 0 Å². The van der Waals surface area contributed by atoms with Gasteiger partial charge in [-0.25, -0.2) is 19.6 Å². The van der Waals surface area contributed by atoms with Crippen molar-refractivity contribution in [3.8, 4) is 23.0 Å². The summed E-state index contributed by atoms with van der Waals surface area (Å²) in [5.41, 5.74) is 9.23. The molecule has 3 heterocycles. The zero-order chi connectivity index (χ0) is 21.1. The zero-order valence-corrected chi connectivity index (χ0v) is 17.0. The van der Waals surface area contributed by atoms with Crippen LogP contribution in [0.15, 0.2) is 48.8 Å². The van der Waals surface area contributed by atoms with Crippen LogP contribution in [0, 0.1) is 0 Å². The maximum absolute atomic E-state index is 9.42. The van der Waals surface area contributed by atoms with Crippen LogP contribution >= 0.6 is 0 Å².